The van der Waals surface area contributed by atoms with Crippen molar-refractivity contribution in [2.24, 2.45) is 11.8 Å². The normalized spacial score (nSPS) is 22.4. The van der Waals surface area contributed by atoms with Gasteiger partial charge in [0.1, 0.15) is 6.61 Å². The molecule has 0 radical (unpaired) electrons. The van der Waals surface area contributed by atoms with Crippen molar-refractivity contribution in [3.63, 3.8) is 0 Å². The van der Waals surface area contributed by atoms with Gasteiger partial charge in [0.05, 0.1) is 30.6 Å². The molecule has 1 aliphatic rings. The molecule has 1 aliphatic heterocycles. The lowest BCUT2D eigenvalue weighted by molar-refractivity contribution is -0.147. The Labute approximate surface area is 126 Å². The molecule has 120 valence electrons. The quantitative estimate of drug-likeness (QED) is 0.0902. The zero-order chi connectivity index (χ0) is 16.9. The molecule has 1 saturated heterocycles. The third-order valence-corrected chi connectivity index (χ3v) is 3.34. The molecule has 22 heavy (non-hydrogen) atoms. The van der Waals surface area contributed by atoms with E-state index >= 15 is 0 Å². The lowest BCUT2D eigenvalue weighted by atomic mass is 9.76. The Morgan fingerprint density at radius 3 is 2.64 bits per heavy atom. The predicted octanol–water partition coefficient (Wildman–Crippen LogP) is -1.94. The summed E-state index contributed by atoms with van der Waals surface area (Å²) in [6.07, 6.45) is 0.221. The number of esters is 1. The predicted molar refractivity (Wildman–Crippen MR) is 72.5 cm³/mol. The Kier molecular flexibility index (Phi) is 6.11. The zero-order valence-corrected chi connectivity index (χ0v) is 11.9. The summed E-state index contributed by atoms with van der Waals surface area (Å²) in [6, 6.07) is -0.867. The summed E-state index contributed by atoms with van der Waals surface area (Å²) in [5.74, 6) is -4.77. The Hall–Kier alpha value is -2.35. The molecule has 1 amide bonds. The van der Waals surface area contributed by atoms with E-state index in [-0.39, 0.29) is 6.61 Å². The summed E-state index contributed by atoms with van der Waals surface area (Å²) in [5.41, 5.74) is 7.94. The maximum atomic E-state index is 12.2. The molecular weight excluding hydrogens is 294 g/mol. The molecule has 0 aromatic rings. The molecule has 1 rings (SSSR count). The topological polar surface area (TPSA) is 149 Å². The Balaban J connectivity index is 2.92. The summed E-state index contributed by atoms with van der Waals surface area (Å²) in [6.45, 7) is 3.80. The van der Waals surface area contributed by atoms with Gasteiger partial charge in [0, 0.05) is 0 Å². The van der Waals surface area contributed by atoms with Crippen LogP contribution >= 0.6 is 0 Å². The van der Waals surface area contributed by atoms with Gasteiger partial charge in [-0.25, -0.2) is 4.79 Å². The van der Waals surface area contributed by atoms with Crippen LogP contribution in [0.1, 0.15) is 6.92 Å². The fourth-order valence-corrected chi connectivity index (χ4v) is 2.22. The highest BCUT2D eigenvalue weighted by Gasteiger charge is 2.51. The number of nitrogens with zero attached hydrogens (tertiary/aromatic N) is 2. The van der Waals surface area contributed by atoms with Crippen LogP contribution in [0.2, 0.25) is 0 Å². The Morgan fingerprint density at radius 1 is 1.59 bits per heavy atom. The van der Waals surface area contributed by atoms with Gasteiger partial charge in [-0.2, -0.15) is 4.79 Å². The number of carbonyl (C=O) groups is 3. The molecule has 1 fully saturated rings. The van der Waals surface area contributed by atoms with Gasteiger partial charge < -0.3 is 25.8 Å². The van der Waals surface area contributed by atoms with Gasteiger partial charge in [0.2, 0.25) is 5.91 Å². The van der Waals surface area contributed by atoms with E-state index in [1.807, 2.05) is 0 Å². The van der Waals surface area contributed by atoms with E-state index in [0.29, 0.717) is 0 Å². The van der Waals surface area contributed by atoms with E-state index in [1.165, 1.54) is 13.0 Å². The van der Waals surface area contributed by atoms with Crippen molar-refractivity contribution in [1.82, 2.24) is 5.32 Å². The van der Waals surface area contributed by atoms with Crippen molar-refractivity contribution >= 4 is 23.4 Å². The molecule has 0 aromatic heterocycles. The molecule has 9 heteroatoms. The summed E-state index contributed by atoms with van der Waals surface area (Å²) in [4.78, 5) is 37.8. The lowest BCUT2D eigenvalue weighted by Crippen LogP contribution is -2.67. The van der Waals surface area contributed by atoms with Crippen LogP contribution in [0.4, 0.5) is 0 Å². The largest absolute Gasteiger partial charge is 0.453 e. The first-order valence-corrected chi connectivity index (χ1v) is 6.52. The number of ketones is 1. The van der Waals surface area contributed by atoms with E-state index in [2.05, 4.69) is 21.4 Å². The summed E-state index contributed by atoms with van der Waals surface area (Å²) >= 11 is 0. The van der Waals surface area contributed by atoms with Crippen molar-refractivity contribution < 1.29 is 34.1 Å². The van der Waals surface area contributed by atoms with Gasteiger partial charge in [-0.1, -0.05) is 12.7 Å². The second-order valence-electron chi connectivity index (χ2n) is 4.79. The third-order valence-electron chi connectivity index (χ3n) is 3.34. The van der Waals surface area contributed by atoms with Crippen LogP contribution in [0.3, 0.4) is 0 Å². The fraction of sp³-hybridized carbons (Fsp3) is 0.538. The van der Waals surface area contributed by atoms with Gasteiger partial charge in [0.25, 0.3) is 5.78 Å². The van der Waals surface area contributed by atoms with E-state index in [4.69, 9.17) is 5.53 Å². The van der Waals surface area contributed by atoms with Gasteiger partial charge in [-0.15, -0.1) is 0 Å². The third kappa shape index (κ3) is 3.45. The second-order valence-corrected chi connectivity index (χ2v) is 4.79. The first-order valence-electron chi connectivity index (χ1n) is 6.52. The number of nitrogens with one attached hydrogen (secondary N) is 1. The van der Waals surface area contributed by atoms with Gasteiger partial charge in [-0.05, 0) is 6.92 Å². The van der Waals surface area contributed by atoms with Crippen LogP contribution in [0.5, 0.6) is 0 Å². The maximum Gasteiger partial charge on any atom is 0.441 e. The summed E-state index contributed by atoms with van der Waals surface area (Å²) < 4.78 is 4.60. The molecule has 0 bridgehead atoms. The van der Waals surface area contributed by atoms with Crippen LogP contribution in [0.25, 0.3) is 5.53 Å². The fourth-order valence-electron chi connectivity index (χ4n) is 2.22. The lowest BCUT2D eigenvalue weighted by Gasteiger charge is -2.41. The summed E-state index contributed by atoms with van der Waals surface area (Å²) in [5, 5.41) is 21.3. The molecule has 3 N–H and O–H groups in total. The number of rotatable bonds is 8. The number of amides is 1. The number of hydrogen-bond donors (Lipinski definition) is 3. The van der Waals surface area contributed by atoms with E-state index in [0.717, 1.165) is 0 Å². The first-order chi connectivity index (χ1) is 10.4. The highest BCUT2D eigenvalue weighted by Crippen LogP contribution is 2.26. The van der Waals surface area contributed by atoms with Crippen LogP contribution in [-0.4, -0.2) is 63.7 Å². The molecule has 0 aliphatic carbocycles. The number of carbonyl (C=O) groups excluding carboxylic acids is 3. The van der Waals surface area contributed by atoms with E-state index < -0.39 is 54.0 Å². The van der Waals surface area contributed by atoms with Gasteiger partial charge >= 0.3 is 11.7 Å². The highest BCUT2D eigenvalue weighted by molar-refractivity contribution is 6.62. The van der Waals surface area contributed by atoms with Crippen LogP contribution in [-0.2, 0) is 19.1 Å². The average Bonchev–Trinajstić information content (AvgIpc) is 2.44. The van der Waals surface area contributed by atoms with E-state index in [1.54, 1.807) is 0 Å². The molecule has 9 nitrogen and oxygen atoms in total. The molecular formula is C13H17N3O6. The number of Topliss-reactive ketones (excluding diaryl/α,β-unsaturated/α-hetero) is 1. The molecule has 4 atom stereocenters. The Morgan fingerprint density at radius 2 is 2.23 bits per heavy atom. The smallest absolute Gasteiger partial charge is 0.441 e. The van der Waals surface area contributed by atoms with Crippen molar-refractivity contribution in [2.45, 2.75) is 19.1 Å². The van der Waals surface area contributed by atoms with Crippen molar-refractivity contribution in [2.75, 3.05) is 13.2 Å². The minimum Gasteiger partial charge on any atom is -0.453 e. The van der Waals surface area contributed by atoms with Crippen molar-refractivity contribution in [1.29, 1.82) is 0 Å². The number of aliphatic hydroxyl groups is 2. The minimum atomic E-state index is -1.24. The van der Waals surface area contributed by atoms with Gasteiger partial charge in [-0.3, -0.25) is 9.59 Å². The molecule has 0 spiro atoms. The maximum absolute atomic E-state index is 12.2. The van der Waals surface area contributed by atoms with Gasteiger partial charge in [0.15, 0.2) is 0 Å². The number of aliphatic hydroxyl groups excluding tert-OH is 2. The molecule has 1 heterocycles. The first kappa shape index (κ1) is 17.7. The number of ether oxygens (including phenoxy) is 1. The zero-order valence-electron chi connectivity index (χ0n) is 11.9. The SMILES string of the molecule is C=CCOC(=O)C(=[N+]=[N-])C(=O)[C@H](CO)[C@H]1NC(=O)[C@@H]1[C@@H](C)O. The van der Waals surface area contributed by atoms with Crippen molar-refractivity contribution in [3.05, 3.63) is 18.2 Å². The molecule has 0 unspecified atom stereocenters. The number of hydrogen-bond acceptors (Lipinski definition) is 6. The second kappa shape index (κ2) is 7.60. The Bertz CT molecular complexity index is 538. The standard InChI is InChI=1S/C13H17N3O6/c1-3-4-22-13(21)10(16-14)11(19)7(5-17)9-8(6(2)18)12(20)15-9/h3,6-9,17-18H,1,4-5H2,2H3,(H,15,20)/t6-,7-,8-,9-/m1/s1. The minimum absolute atomic E-state index is 0.189. The number of β-lactam (4-membered cyclic amide) rings is 1. The van der Waals surface area contributed by atoms with Crippen molar-refractivity contribution in [3.8, 4) is 0 Å². The van der Waals surface area contributed by atoms with E-state index in [9.17, 15) is 24.6 Å². The average molecular weight is 311 g/mol. The van der Waals surface area contributed by atoms with Crippen LogP contribution in [0.15, 0.2) is 12.7 Å². The molecule has 0 saturated carbocycles. The van der Waals surface area contributed by atoms with Crippen LogP contribution < -0.4 is 5.32 Å². The summed E-state index contributed by atoms with van der Waals surface area (Å²) in [7, 11) is 0. The molecule has 0 aromatic carbocycles. The van der Waals surface area contributed by atoms with Crippen LogP contribution in [0, 0.1) is 11.8 Å². The monoisotopic (exact) mass is 311 g/mol. The highest BCUT2D eigenvalue weighted by atomic mass is 16.5.